The van der Waals surface area contributed by atoms with Crippen LogP contribution < -0.4 is 15.8 Å². The Kier molecular flexibility index (Phi) is 3.93. The van der Waals surface area contributed by atoms with Crippen molar-refractivity contribution < 1.29 is 9.13 Å². The highest BCUT2D eigenvalue weighted by Crippen LogP contribution is 2.43. The van der Waals surface area contributed by atoms with Crippen LogP contribution in [0.1, 0.15) is 0 Å². The standard InChI is InChI=1S/C15H13Cl2FN2O/c16-8-1-2-13(17)11(3-8)12-4-9(18)5-14-15(12)21-10(6-19)7-20-14/h1-5,10,20H,6-7,19H2/t10-/m1/s1. The van der Waals surface area contributed by atoms with Gasteiger partial charge in [-0.3, -0.25) is 0 Å². The second kappa shape index (κ2) is 5.72. The zero-order valence-electron chi connectivity index (χ0n) is 11.0. The predicted molar refractivity (Wildman–Crippen MR) is 83.8 cm³/mol. The van der Waals surface area contributed by atoms with Gasteiger partial charge in [-0.1, -0.05) is 23.2 Å². The number of hydrogen-bond donors (Lipinski definition) is 2. The van der Waals surface area contributed by atoms with Crippen molar-refractivity contribution in [3.05, 3.63) is 46.2 Å². The van der Waals surface area contributed by atoms with Crippen LogP contribution in [0.3, 0.4) is 0 Å². The van der Waals surface area contributed by atoms with E-state index >= 15 is 0 Å². The van der Waals surface area contributed by atoms with Gasteiger partial charge in [-0.25, -0.2) is 4.39 Å². The molecule has 2 aromatic rings. The highest BCUT2D eigenvalue weighted by atomic mass is 35.5. The fourth-order valence-electron chi connectivity index (χ4n) is 2.32. The Labute approximate surface area is 131 Å². The minimum absolute atomic E-state index is 0.167. The third-order valence-corrected chi connectivity index (χ3v) is 3.90. The molecule has 0 amide bonds. The normalized spacial score (nSPS) is 16.9. The van der Waals surface area contributed by atoms with Crippen LogP contribution in [0.5, 0.6) is 5.75 Å². The summed E-state index contributed by atoms with van der Waals surface area (Å²) >= 11 is 12.2. The molecular weight excluding hydrogens is 314 g/mol. The lowest BCUT2D eigenvalue weighted by molar-refractivity contribution is 0.215. The Morgan fingerprint density at radius 1 is 1.24 bits per heavy atom. The summed E-state index contributed by atoms with van der Waals surface area (Å²) < 4.78 is 19.7. The van der Waals surface area contributed by atoms with Gasteiger partial charge in [-0.05, 0) is 24.3 Å². The molecular formula is C15H13Cl2FN2O. The molecule has 3 nitrogen and oxygen atoms in total. The van der Waals surface area contributed by atoms with Crippen molar-refractivity contribution in [2.24, 2.45) is 5.73 Å². The smallest absolute Gasteiger partial charge is 0.151 e. The molecule has 3 N–H and O–H groups in total. The minimum Gasteiger partial charge on any atom is -0.484 e. The van der Waals surface area contributed by atoms with Gasteiger partial charge in [0.25, 0.3) is 0 Å². The largest absolute Gasteiger partial charge is 0.484 e. The molecule has 3 rings (SSSR count). The Hall–Kier alpha value is -1.49. The van der Waals surface area contributed by atoms with E-state index in [-0.39, 0.29) is 11.9 Å². The summed E-state index contributed by atoms with van der Waals surface area (Å²) in [6.07, 6.45) is -0.167. The molecule has 2 aromatic carbocycles. The van der Waals surface area contributed by atoms with Crippen LogP contribution in [0.15, 0.2) is 30.3 Å². The van der Waals surface area contributed by atoms with Crippen molar-refractivity contribution in [2.45, 2.75) is 6.10 Å². The number of anilines is 1. The van der Waals surface area contributed by atoms with Gasteiger partial charge in [0, 0.05) is 33.8 Å². The van der Waals surface area contributed by atoms with Crippen molar-refractivity contribution in [1.82, 2.24) is 0 Å². The van der Waals surface area contributed by atoms with Gasteiger partial charge in [0.15, 0.2) is 5.75 Å². The number of benzene rings is 2. The van der Waals surface area contributed by atoms with Gasteiger partial charge in [0.05, 0.1) is 12.2 Å². The van der Waals surface area contributed by atoms with Crippen molar-refractivity contribution >= 4 is 28.9 Å². The Bertz CT molecular complexity index is 694. The highest BCUT2D eigenvalue weighted by molar-refractivity contribution is 6.35. The van der Waals surface area contributed by atoms with E-state index < -0.39 is 0 Å². The fraction of sp³-hybridized carbons (Fsp3) is 0.200. The van der Waals surface area contributed by atoms with Crippen LogP contribution >= 0.6 is 23.2 Å². The van der Waals surface area contributed by atoms with Crippen LogP contribution in [0.2, 0.25) is 10.0 Å². The van der Waals surface area contributed by atoms with E-state index in [4.69, 9.17) is 33.7 Å². The Morgan fingerprint density at radius 3 is 2.81 bits per heavy atom. The monoisotopic (exact) mass is 326 g/mol. The zero-order chi connectivity index (χ0) is 15.0. The second-order valence-electron chi connectivity index (χ2n) is 4.81. The molecule has 0 fully saturated rings. The molecule has 21 heavy (non-hydrogen) atoms. The van der Waals surface area contributed by atoms with Crippen molar-refractivity contribution in [2.75, 3.05) is 18.4 Å². The summed E-state index contributed by atoms with van der Waals surface area (Å²) in [6, 6.07) is 7.82. The molecule has 1 atom stereocenters. The maximum atomic E-state index is 13.9. The average Bonchev–Trinajstić information content (AvgIpc) is 2.48. The van der Waals surface area contributed by atoms with Crippen LogP contribution in [0.25, 0.3) is 11.1 Å². The number of rotatable bonds is 2. The van der Waals surface area contributed by atoms with E-state index in [1.165, 1.54) is 12.1 Å². The van der Waals surface area contributed by atoms with E-state index in [1.807, 2.05) is 0 Å². The maximum absolute atomic E-state index is 13.9. The molecule has 0 unspecified atom stereocenters. The molecule has 0 bridgehead atoms. The van der Waals surface area contributed by atoms with Gasteiger partial charge < -0.3 is 15.8 Å². The molecule has 110 valence electrons. The average molecular weight is 327 g/mol. The van der Waals surface area contributed by atoms with Crippen LogP contribution in [0.4, 0.5) is 10.1 Å². The van der Waals surface area contributed by atoms with Gasteiger partial charge in [-0.15, -0.1) is 0 Å². The van der Waals surface area contributed by atoms with Gasteiger partial charge in [0.1, 0.15) is 11.9 Å². The molecule has 1 aliphatic rings. The second-order valence-corrected chi connectivity index (χ2v) is 5.65. The van der Waals surface area contributed by atoms with Crippen molar-refractivity contribution in [3.63, 3.8) is 0 Å². The summed E-state index contributed by atoms with van der Waals surface area (Å²) in [5.41, 5.74) is 7.42. The third-order valence-electron chi connectivity index (χ3n) is 3.34. The molecule has 1 aliphatic heterocycles. The molecule has 0 saturated carbocycles. The molecule has 6 heteroatoms. The number of fused-ring (bicyclic) bond motifs is 1. The number of halogens is 3. The number of hydrogen-bond acceptors (Lipinski definition) is 3. The van der Waals surface area contributed by atoms with Gasteiger partial charge in [-0.2, -0.15) is 0 Å². The predicted octanol–water partition coefficient (Wildman–Crippen LogP) is 3.93. The van der Waals surface area contributed by atoms with E-state index in [9.17, 15) is 4.39 Å². The van der Waals surface area contributed by atoms with E-state index in [0.717, 1.165) is 0 Å². The SMILES string of the molecule is NC[C@@H]1CNc2cc(F)cc(-c3cc(Cl)ccc3Cl)c2O1. The molecule has 0 radical (unpaired) electrons. The van der Waals surface area contributed by atoms with Gasteiger partial charge in [0.2, 0.25) is 0 Å². The van der Waals surface area contributed by atoms with E-state index in [2.05, 4.69) is 5.32 Å². The number of nitrogens with one attached hydrogen (secondary N) is 1. The lowest BCUT2D eigenvalue weighted by atomic mass is 10.0. The highest BCUT2D eigenvalue weighted by Gasteiger charge is 2.23. The number of ether oxygens (including phenoxy) is 1. The molecule has 1 heterocycles. The van der Waals surface area contributed by atoms with Gasteiger partial charge >= 0.3 is 0 Å². The summed E-state index contributed by atoms with van der Waals surface area (Å²) in [5.74, 6) is 0.171. The summed E-state index contributed by atoms with van der Waals surface area (Å²) in [5, 5.41) is 4.13. The molecule has 0 aliphatic carbocycles. The first kappa shape index (κ1) is 14.4. The lowest BCUT2D eigenvalue weighted by Gasteiger charge is -2.28. The number of nitrogens with two attached hydrogens (primary N) is 1. The van der Waals surface area contributed by atoms with Crippen LogP contribution in [-0.2, 0) is 0 Å². The topological polar surface area (TPSA) is 47.3 Å². The summed E-state index contributed by atoms with van der Waals surface area (Å²) in [4.78, 5) is 0. The molecule has 0 aromatic heterocycles. The van der Waals surface area contributed by atoms with Crippen molar-refractivity contribution in [1.29, 1.82) is 0 Å². The lowest BCUT2D eigenvalue weighted by Crippen LogP contribution is -2.37. The van der Waals surface area contributed by atoms with E-state index in [0.29, 0.717) is 45.7 Å². The first-order chi connectivity index (χ1) is 10.1. The Balaban J connectivity index is 2.18. The summed E-state index contributed by atoms with van der Waals surface area (Å²) in [7, 11) is 0. The minimum atomic E-state index is -0.373. The van der Waals surface area contributed by atoms with E-state index in [1.54, 1.807) is 18.2 Å². The fourth-order valence-corrected chi connectivity index (χ4v) is 2.71. The van der Waals surface area contributed by atoms with Crippen LogP contribution in [-0.4, -0.2) is 19.2 Å². The first-order valence-electron chi connectivity index (χ1n) is 6.48. The molecule has 0 spiro atoms. The quantitative estimate of drug-likeness (QED) is 0.878. The maximum Gasteiger partial charge on any atom is 0.151 e. The first-order valence-corrected chi connectivity index (χ1v) is 7.23. The Morgan fingerprint density at radius 2 is 2.05 bits per heavy atom. The third kappa shape index (κ3) is 2.79. The molecule has 0 saturated heterocycles. The van der Waals surface area contributed by atoms with Crippen LogP contribution in [0, 0.1) is 5.82 Å². The summed E-state index contributed by atoms with van der Waals surface area (Å²) in [6.45, 7) is 0.905. The zero-order valence-corrected chi connectivity index (χ0v) is 12.5. The van der Waals surface area contributed by atoms with Crippen molar-refractivity contribution in [3.8, 4) is 16.9 Å².